The van der Waals surface area contributed by atoms with Crippen LogP contribution in [0.3, 0.4) is 0 Å². The largest absolute Gasteiger partial charge is 0.359 e. The van der Waals surface area contributed by atoms with Crippen LogP contribution in [-0.4, -0.2) is 35.7 Å². The van der Waals surface area contributed by atoms with E-state index in [1.807, 2.05) is 25.1 Å². The molecule has 0 bridgehead atoms. The number of hydrogen-bond donors (Lipinski definition) is 0. The van der Waals surface area contributed by atoms with Gasteiger partial charge in [0.05, 0.1) is 22.7 Å². The van der Waals surface area contributed by atoms with Crippen LogP contribution in [0.4, 0.5) is 0 Å². The van der Waals surface area contributed by atoms with Gasteiger partial charge in [0.25, 0.3) is 0 Å². The Labute approximate surface area is 117 Å². The lowest BCUT2D eigenvalue weighted by atomic mass is 9.58. The van der Waals surface area contributed by atoms with E-state index in [4.69, 9.17) is 4.52 Å². The molecule has 0 spiro atoms. The second kappa shape index (κ2) is 4.12. The van der Waals surface area contributed by atoms with Gasteiger partial charge in [-0.3, -0.25) is 14.5 Å². The summed E-state index contributed by atoms with van der Waals surface area (Å²) in [6.45, 7) is 3.51. The maximum absolute atomic E-state index is 12.9. The number of ketones is 2. The molecule has 3 rings (SSSR count). The predicted octanol–water partition coefficient (Wildman–Crippen LogP) is 1.93. The number of carbonyl (C=O) groups is 2. The summed E-state index contributed by atoms with van der Waals surface area (Å²) in [5.41, 5.74) is 0.0532. The summed E-state index contributed by atoms with van der Waals surface area (Å²) in [5.74, 6) is 0.228. The zero-order valence-electron chi connectivity index (χ0n) is 12.1. The average Bonchev–Trinajstić information content (AvgIpc) is 2.75. The van der Waals surface area contributed by atoms with Crippen LogP contribution in [0.15, 0.2) is 16.7 Å². The lowest BCUT2D eigenvalue weighted by Gasteiger charge is -2.45. The molecule has 0 saturated carbocycles. The van der Waals surface area contributed by atoms with Gasteiger partial charge < -0.3 is 4.52 Å². The van der Waals surface area contributed by atoms with Gasteiger partial charge in [-0.15, -0.1) is 0 Å². The van der Waals surface area contributed by atoms with E-state index in [0.717, 1.165) is 0 Å². The number of allylic oxidation sites excluding steroid dienone is 2. The molecule has 0 N–H and O–H groups in total. The van der Waals surface area contributed by atoms with Gasteiger partial charge in [0.2, 0.25) is 0 Å². The van der Waals surface area contributed by atoms with Crippen molar-refractivity contribution in [3.05, 3.63) is 29.2 Å². The Morgan fingerprint density at radius 3 is 2.75 bits per heavy atom. The second-order valence-electron chi connectivity index (χ2n) is 6.06. The van der Waals surface area contributed by atoms with Gasteiger partial charge in [-0.1, -0.05) is 11.2 Å². The molecule has 0 fully saturated rings. The molecule has 0 aromatic carbocycles. The number of rotatable bonds is 1. The van der Waals surface area contributed by atoms with Crippen molar-refractivity contribution in [2.45, 2.75) is 26.3 Å². The summed E-state index contributed by atoms with van der Waals surface area (Å²) in [4.78, 5) is 27.3. The first-order chi connectivity index (χ1) is 9.39. The Morgan fingerprint density at radius 2 is 2.10 bits per heavy atom. The molecule has 106 valence electrons. The summed E-state index contributed by atoms with van der Waals surface area (Å²) >= 11 is 0. The van der Waals surface area contributed by atoms with Crippen molar-refractivity contribution in [1.82, 2.24) is 10.1 Å². The van der Waals surface area contributed by atoms with E-state index in [2.05, 4.69) is 5.16 Å². The molecule has 5 heteroatoms. The van der Waals surface area contributed by atoms with E-state index in [1.165, 1.54) is 6.08 Å². The zero-order chi connectivity index (χ0) is 14.7. The van der Waals surface area contributed by atoms with Crippen LogP contribution < -0.4 is 0 Å². The molecule has 20 heavy (non-hydrogen) atoms. The highest BCUT2D eigenvalue weighted by Gasteiger charge is 2.57. The fourth-order valence-corrected chi connectivity index (χ4v) is 3.54. The van der Waals surface area contributed by atoms with Gasteiger partial charge in [0.15, 0.2) is 17.3 Å². The Kier molecular flexibility index (Phi) is 2.73. The van der Waals surface area contributed by atoms with Crippen LogP contribution in [-0.2, 0) is 4.79 Å². The number of aromatic nitrogens is 1. The first-order valence-electron chi connectivity index (χ1n) is 6.77. The van der Waals surface area contributed by atoms with Gasteiger partial charge >= 0.3 is 0 Å². The smallest absolute Gasteiger partial charge is 0.182 e. The minimum Gasteiger partial charge on any atom is -0.359 e. The van der Waals surface area contributed by atoms with Gasteiger partial charge in [-0.2, -0.15) is 0 Å². The molecule has 1 aromatic rings. The second-order valence-corrected chi connectivity index (χ2v) is 6.06. The molecule has 2 aliphatic rings. The van der Waals surface area contributed by atoms with Crippen LogP contribution in [0.1, 0.15) is 41.2 Å². The molecule has 0 radical (unpaired) electrons. The summed E-state index contributed by atoms with van der Waals surface area (Å²) in [6.07, 6.45) is 4.08. The number of carbonyl (C=O) groups excluding carboxylic acids is 2. The van der Waals surface area contributed by atoms with Crippen LogP contribution in [0.5, 0.6) is 0 Å². The fourth-order valence-electron chi connectivity index (χ4n) is 3.54. The maximum Gasteiger partial charge on any atom is 0.182 e. The highest BCUT2D eigenvalue weighted by Crippen LogP contribution is 2.52. The molecule has 0 amide bonds. The normalized spacial score (nSPS) is 32.5. The summed E-state index contributed by atoms with van der Waals surface area (Å²) in [5, 5.41) is 3.94. The molecule has 3 atom stereocenters. The molecule has 5 nitrogen and oxygen atoms in total. The van der Waals surface area contributed by atoms with Crippen molar-refractivity contribution in [3.8, 4) is 0 Å². The first-order valence-corrected chi connectivity index (χ1v) is 6.77. The topological polar surface area (TPSA) is 63.4 Å². The SMILES string of the molecule is Cc1noc2c1C(=O)[C@@]1(C)C(=O)C=CC[C@H]1[C@@H]2N(C)C. The van der Waals surface area contributed by atoms with Crippen molar-refractivity contribution in [1.29, 1.82) is 0 Å². The molecule has 2 aliphatic carbocycles. The number of hydrogen-bond acceptors (Lipinski definition) is 5. The third-order valence-electron chi connectivity index (χ3n) is 4.71. The predicted molar refractivity (Wildman–Crippen MR) is 72.4 cm³/mol. The van der Waals surface area contributed by atoms with Crippen molar-refractivity contribution in [2.75, 3.05) is 14.1 Å². The van der Waals surface area contributed by atoms with E-state index in [9.17, 15) is 9.59 Å². The Hall–Kier alpha value is -1.75. The third-order valence-corrected chi connectivity index (χ3v) is 4.71. The molecule has 0 saturated heterocycles. The van der Waals surface area contributed by atoms with E-state index in [1.54, 1.807) is 13.8 Å². The zero-order valence-corrected chi connectivity index (χ0v) is 12.1. The first kappa shape index (κ1) is 13.2. The third kappa shape index (κ3) is 1.44. The summed E-state index contributed by atoms with van der Waals surface area (Å²) in [6, 6.07) is -0.109. The Morgan fingerprint density at radius 1 is 1.40 bits per heavy atom. The molecular weight excluding hydrogens is 256 g/mol. The quantitative estimate of drug-likeness (QED) is 0.732. The van der Waals surface area contributed by atoms with Gasteiger partial charge in [0.1, 0.15) is 0 Å². The van der Waals surface area contributed by atoms with Crippen LogP contribution in [0.25, 0.3) is 0 Å². The van der Waals surface area contributed by atoms with Gasteiger partial charge in [0, 0.05) is 5.92 Å². The van der Waals surface area contributed by atoms with E-state index in [-0.39, 0.29) is 23.5 Å². The molecule has 1 heterocycles. The molecular formula is C15H18N2O3. The van der Waals surface area contributed by atoms with Gasteiger partial charge in [-0.25, -0.2) is 0 Å². The standard InChI is InChI=1S/C15H18N2O3/c1-8-11-13(20-16-8)12(17(3)4)9-6-5-7-10(18)15(9,2)14(11)19/h5,7,9,12H,6H2,1-4H3/t9-,12-,15+/m0/s1. The molecule has 1 aromatic heterocycles. The highest BCUT2D eigenvalue weighted by molar-refractivity contribution is 6.19. The summed E-state index contributed by atoms with van der Waals surface area (Å²) < 4.78 is 5.41. The van der Waals surface area contributed by atoms with E-state index in [0.29, 0.717) is 23.4 Å². The fraction of sp³-hybridized carbons (Fsp3) is 0.533. The van der Waals surface area contributed by atoms with Gasteiger partial charge in [-0.05, 0) is 40.4 Å². The van der Waals surface area contributed by atoms with Crippen molar-refractivity contribution < 1.29 is 14.1 Å². The van der Waals surface area contributed by atoms with Crippen LogP contribution in [0.2, 0.25) is 0 Å². The number of aryl methyl sites for hydroxylation is 1. The maximum atomic E-state index is 12.9. The van der Waals surface area contributed by atoms with Crippen molar-refractivity contribution in [2.24, 2.45) is 11.3 Å². The van der Waals surface area contributed by atoms with Crippen molar-refractivity contribution >= 4 is 11.6 Å². The minimum atomic E-state index is -1.01. The minimum absolute atomic E-state index is 0.109. The number of fused-ring (bicyclic) bond motifs is 2. The Bertz CT molecular complexity index is 629. The van der Waals surface area contributed by atoms with Crippen LogP contribution >= 0.6 is 0 Å². The monoisotopic (exact) mass is 274 g/mol. The highest BCUT2D eigenvalue weighted by atomic mass is 16.5. The van der Waals surface area contributed by atoms with Crippen LogP contribution in [0, 0.1) is 18.3 Å². The lowest BCUT2D eigenvalue weighted by molar-refractivity contribution is -0.125. The average molecular weight is 274 g/mol. The Balaban J connectivity index is 2.28. The molecule has 0 aliphatic heterocycles. The van der Waals surface area contributed by atoms with E-state index < -0.39 is 5.41 Å². The molecule has 0 unspecified atom stereocenters. The summed E-state index contributed by atoms with van der Waals surface area (Å²) in [7, 11) is 3.87. The van der Waals surface area contributed by atoms with Crippen molar-refractivity contribution in [3.63, 3.8) is 0 Å². The van der Waals surface area contributed by atoms with E-state index >= 15 is 0 Å². The number of Topliss-reactive ketones (excluding diaryl/α,β-unsaturated/α-hetero) is 1. The number of nitrogens with zero attached hydrogens (tertiary/aromatic N) is 2. The lowest BCUT2D eigenvalue weighted by Crippen LogP contribution is -2.52.